The number of nitrogens with zero attached hydrogens (tertiary/aromatic N) is 2. The molecule has 31 heavy (non-hydrogen) atoms. The number of hydrogen-bond acceptors (Lipinski definition) is 2. The van der Waals surface area contributed by atoms with Crippen LogP contribution in [0.15, 0.2) is 120 Å². The molecule has 4 aromatic rings. The van der Waals surface area contributed by atoms with Gasteiger partial charge in [0.25, 0.3) is 0 Å². The second kappa shape index (κ2) is 10.9. The third-order valence-corrected chi connectivity index (χ3v) is 5.64. The van der Waals surface area contributed by atoms with Crippen molar-refractivity contribution < 1.29 is 0 Å². The molecule has 4 rings (SSSR count). The maximum absolute atomic E-state index is 4.76. The standard InChI is InChI=1S/C28H25BrN2/c29-26-17-18-27(30-20-26)28(19-16-23-10-4-1-5-11-23)31(21-24-12-6-2-7-13-24)22-25-14-8-3-9-15-25/h1-20,28H,21-22H2/b19-16+. The first kappa shape index (κ1) is 21.2. The highest BCUT2D eigenvalue weighted by Crippen LogP contribution is 2.27. The predicted molar refractivity (Wildman–Crippen MR) is 132 cm³/mol. The summed E-state index contributed by atoms with van der Waals surface area (Å²) in [6.45, 7) is 1.66. The summed E-state index contributed by atoms with van der Waals surface area (Å²) in [7, 11) is 0. The van der Waals surface area contributed by atoms with Gasteiger partial charge in [0.05, 0.1) is 11.7 Å². The molecular formula is C28H25BrN2. The summed E-state index contributed by atoms with van der Waals surface area (Å²) < 4.78 is 0.986. The minimum Gasteiger partial charge on any atom is -0.283 e. The van der Waals surface area contributed by atoms with Crippen LogP contribution in [0.25, 0.3) is 6.08 Å². The molecule has 0 spiro atoms. The van der Waals surface area contributed by atoms with Gasteiger partial charge >= 0.3 is 0 Å². The van der Waals surface area contributed by atoms with Gasteiger partial charge in [0, 0.05) is 23.8 Å². The van der Waals surface area contributed by atoms with E-state index in [0.29, 0.717) is 0 Å². The van der Waals surface area contributed by atoms with Crippen molar-refractivity contribution in [1.82, 2.24) is 9.88 Å². The molecule has 0 amide bonds. The summed E-state index contributed by atoms with van der Waals surface area (Å²) in [5, 5.41) is 0. The topological polar surface area (TPSA) is 16.1 Å². The molecule has 3 aromatic carbocycles. The average molecular weight is 469 g/mol. The van der Waals surface area contributed by atoms with Gasteiger partial charge in [-0.1, -0.05) is 103 Å². The maximum atomic E-state index is 4.76. The molecule has 0 fully saturated rings. The van der Waals surface area contributed by atoms with Gasteiger partial charge in [0.1, 0.15) is 0 Å². The predicted octanol–water partition coefficient (Wildman–Crippen LogP) is 7.30. The lowest BCUT2D eigenvalue weighted by atomic mass is 10.1. The van der Waals surface area contributed by atoms with Crippen LogP contribution >= 0.6 is 15.9 Å². The van der Waals surface area contributed by atoms with E-state index >= 15 is 0 Å². The molecule has 1 atom stereocenters. The molecule has 2 nitrogen and oxygen atoms in total. The molecule has 0 radical (unpaired) electrons. The second-order valence-corrected chi connectivity index (χ2v) is 8.41. The number of pyridine rings is 1. The lowest BCUT2D eigenvalue weighted by Gasteiger charge is -2.30. The van der Waals surface area contributed by atoms with E-state index in [2.05, 4.69) is 130 Å². The summed E-state index contributed by atoms with van der Waals surface area (Å²) in [6, 6.07) is 35.9. The Morgan fingerprint density at radius 1 is 0.710 bits per heavy atom. The van der Waals surface area contributed by atoms with Crippen molar-refractivity contribution in [1.29, 1.82) is 0 Å². The molecule has 0 aliphatic carbocycles. The Kier molecular flexibility index (Phi) is 7.43. The molecule has 1 aromatic heterocycles. The van der Waals surface area contributed by atoms with E-state index in [1.807, 2.05) is 12.3 Å². The molecule has 0 saturated carbocycles. The summed E-state index contributed by atoms with van der Waals surface area (Å²) in [6.07, 6.45) is 6.33. The van der Waals surface area contributed by atoms with Gasteiger partial charge < -0.3 is 0 Å². The molecule has 0 N–H and O–H groups in total. The van der Waals surface area contributed by atoms with E-state index in [4.69, 9.17) is 4.98 Å². The van der Waals surface area contributed by atoms with Crippen LogP contribution < -0.4 is 0 Å². The van der Waals surface area contributed by atoms with Crippen molar-refractivity contribution in [2.45, 2.75) is 19.1 Å². The highest BCUT2D eigenvalue weighted by atomic mass is 79.9. The Balaban J connectivity index is 1.71. The number of halogens is 1. The highest BCUT2D eigenvalue weighted by Gasteiger charge is 2.20. The van der Waals surface area contributed by atoms with Gasteiger partial charge in [-0.15, -0.1) is 0 Å². The molecule has 3 heteroatoms. The minimum atomic E-state index is 0.0359. The third-order valence-electron chi connectivity index (χ3n) is 5.17. The average Bonchev–Trinajstić information content (AvgIpc) is 2.82. The van der Waals surface area contributed by atoms with Crippen LogP contribution in [0.1, 0.15) is 28.4 Å². The van der Waals surface area contributed by atoms with Crippen molar-refractivity contribution in [2.75, 3.05) is 0 Å². The Hall–Kier alpha value is -3.01. The molecule has 0 saturated heterocycles. The number of benzene rings is 3. The van der Waals surface area contributed by atoms with Gasteiger partial charge in [-0.05, 0) is 44.8 Å². The van der Waals surface area contributed by atoms with E-state index in [1.54, 1.807) is 0 Å². The van der Waals surface area contributed by atoms with Crippen molar-refractivity contribution in [3.05, 3.63) is 142 Å². The van der Waals surface area contributed by atoms with E-state index in [1.165, 1.54) is 16.7 Å². The molecule has 1 unspecified atom stereocenters. The van der Waals surface area contributed by atoms with Gasteiger partial charge in [0.2, 0.25) is 0 Å². The van der Waals surface area contributed by atoms with Crippen LogP contribution in [-0.2, 0) is 13.1 Å². The van der Waals surface area contributed by atoms with Crippen LogP contribution in [-0.4, -0.2) is 9.88 Å². The molecular weight excluding hydrogens is 444 g/mol. The summed E-state index contributed by atoms with van der Waals surface area (Å²) in [5.41, 5.74) is 4.79. The van der Waals surface area contributed by atoms with Crippen LogP contribution in [0.3, 0.4) is 0 Å². The first-order valence-corrected chi connectivity index (χ1v) is 11.2. The molecule has 1 heterocycles. The smallest absolute Gasteiger partial charge is 0.0715 e. The lowest BCUT2D eigenvalue weighted by Crippen LogP contribution is -2.27. The maximum Gasteiger partial charge on any atom is 0.0715 e. The summed E-state index contributed by atoms with van der Waals surface area (Å²) in [4.78, 5) is 7.23. The van der Waals surface area contributed by atoms with Crippen LogP contribution in [0, 0.1) is 0 Å². The summed E-state index contributed by atoms with van der Waals surface area (Å²) in [5.74, 6) is 0. The summed E-state index contributed by atoms with van der Waals surface area (Å²) >= 11 is 3.52. The zero-order valence-electron chi connectivity index (χ0n) is 17.3. The number of aromatic nitrogens is 1. The van der Waals surface area contributed by atoms with Crippen molar-refractivity contribution in [3.63, 3.8) is 0 Å². The third kappa shape index (κ3) is 6.24. The molecule has 0 aliphatic heterocycles. The Labute approximate surface area is 193 Å². The fraction of sp³-hybridized carbons (Fsp3) is 0.107. The normalized spacial score (nSPS) is 12.3. The fourth-order valence-electron chi connectivity index (χ4n) is 3.62. The number of rotatable bonds is 8. The van der Waals surface area contributed by atoms with Crippen molar-refractivity contribution >= 4 is 22.0 Å². The minimum absolute atomic E-state index is 0.0359. The van der Waals surface area contributed by atoms with Gasteiger partial charge in [-0.25, -0.2) is 0 Å². The van der Waals surface area contributed by atoms with E-state index in [0.717, 1.165) is 23.3 Å². The lowest BCUT2D eigenvalue weighted by molar-refractivity contribution is 0.209. The quantitative estimate of drug-likeness (QED) is 0.269. The highest BCUT2D eigenvalue weighted by molar-refractivity contribution is 9.10. The fourth-order valence-corrected chi connectivity index (χ4v) is 3.86. The van der Waals surface area contributed by atoms with E-state index in [9.17, 15) is 0 Å². The Morgan fingerprint density at radius 3 is 1.77 bits per heavy atom. The number of hydrogen-bond donors (Lipinski definition) is 0. The zero-order valence-corrected chi connectivity index (χ0v) is 18.9. The Bertz CT molecular complexity index is 1040. The Morgan fingerprint density at radius 2 is 1.26 bits per heavy atom. The van der Waals surface area contributed by atoms with E-state index in [-0.39, 0.29) is 6.04 Å². The van der Waals surface area contributed by atoms with Crippen molar-refractivity contribution in [3.8, 4) is 0 Å². The molecule has 154 valence electrons. The second-order valence-electron chi connectivity index (χ2n) is 7.49. The zero-order chi connectivity index (χ0) is 21.3. The first-order valence-electron chi connectivity index (χ1n) is 10.4. The van der Waals surface area contributed by atoms with Gasteiger partial charge in [-0.3, -0.25) is 9.88 Å². The van der Waals surface area contributed by atoms with Gasteiger partial charge in [0.15, 0.2) is 0 Å². The van der Waals surface area contributed by atoms with Gasteiger partial charge in [-0.2, -0.15) is 0 Å². The largest absolute Gasteiger partial charge is 0.283 e. The molecule has 0 bridgehead atoms. The monoisotopic (exact) mass is 468 g/mol. The van der Waals surface area contributed by atoms with Crippen LogP contribution in [0.5, 0.6) is 0 Å². The van der Waals surface area contributed by atoms with Crippen molar-refractivity contribution in [2.24, 2.45) is 0 Å². The van der Waals surface area contributed by atoms with Crippen LogP contribution in [0.4, 0.5) is 0 Å². The van der Waals surface area contributed by atoms with Crippen LogP contribution in [0.2, 0.25) is 0 Å². The first-order chi connectivity index (χ1) is 15.3. The SMILES string of the molecule is Brc1ccc(C(/C=C/c2ccccc2)N(Cc2ccccc2)Cc2ccccc2)nc1. The molecule has 0 aliphatic rings. The van der Waals surface area contributed by atoms with E-state index < -0.39 is 0 Å².